The van der Waals surface area contributed by atoms with Gasteiger partial charge < -0.3 is 4.90 Å². The minimum Gasteiger partial charge on any atom is -0.348 e. The molecule has 0 radical (unpaired) electrons. The topological polar surface area (TPSA) is 16.1 Å². The van der Waals surface area contributed by atoms with Crippen molar-refractivity contribution in [2.75, 3.05) is 18.0 Å². The van der Waals surface area contributed by atoms with Gasteiger partial charge in [-0.05, 0) is 12.8 Å². The quantitative estimate of drug-likeness (QED) is 0.719. The minimum absolute atomic E-state index is 0.447. The van der Waals surface area contributed by atoms with Crippen LogP contribution >= 0.6 is 34.5 Å². The Balaban J connectivity index is 2.80. The van der Waals surface area contributed by atoms with Crippen molar-refractivity contribution in [2.24, 2.45) is 0 Å². The molecule has 0 saturated heterocycles. The van der Waals surface area contributed by atoms with Gasteiger partial charge in [0.2, 0.25) is 0 Å². The van der Waals surface area contributed by atoms with E-state index < -0.39 is 0 Å². The van der Waals surface area contributed by atoms with E-state index in [0.717, 1.165) is 35.9 Å². The van der Waals surface area contributed by atoms with E-state index in [1.807, 2.05) is 0 Å². The molecule has 0 aliphatic carbocycles. The zero-order chi connectivity index (χ0) is 11.3. The van der Waals surface area contributed by atoms with E-state index in [2.05, 4.69) is 23.7 Å². The third-order valence-corrected chi connectivity index (χ3v) is 3.98. The predicted octanol–water partition coefficient (Wildman–Crippen LogP) is 4.16. The monoisotopic (exact) mass is 266 g/mol. The van der Waals surface area contributed by atoms with Crippen LogP contribution in [-0.2, 0) is 5.88 Å². The molecule has 0 aliphatic rings. The molecule has 0 amide bonds. The van der Waals surface area contributed by atoms with E-state index in [-0.39, 0.29) is 0 Å². The van der Waals surface area contributed by atoms with Crippen molar-refractivity contribution in [1.82, 2.24) is 4.98 Å². The van der Waals surface area contributed by atoms with Crippen LogP contribution in [0.25, 0.3) is 0 Å². The number of alkyl halides is 1. The lowest BCUT2D eigenvalue weighted by molar-refractivity contribution is 0.742. The number of halogens is 2. The van der Waals surface area contributed by atoms with Crippen LogP contribution in [0.1, 0.15) is 31.6 Å². The maximum Gasteiger partial charge on any atom is 0.187 e. The molecule has 2 nitrogen and oxygen atoms in total. The molecular formula is C10H16Cl2N2S. The second kappa shape index (κ2) is 6.56. The van der Waals surface area contributed by atoms with E-state index in [1.165, 1.54) is 0 Å². The first-order valence-electron chi connectivity index (χ1n) is 5.19. The Morgan fingerprint density at radius 1 is 1.27 bits per heavy atom. The smallest absolute Gasteiger partial charge is 0.187 e. The van der Waals surface area contributed by atoms with Crippen molar-refractivity contribution in [1.29, 1.82) is 0 Å². The van der Waals surface area contributed by atoms with E-state index in [1.54, 1.807) is 11.3 Å². The van der Waals surface area contributed by atoms with Crippen molar-refractivity contribution in [2.45, 2.75) is 32.6 Å². The van der Waals surface area contributed by atoms with Gasteiger partial charge in [0.1, 0.15) is 5.15 Å². The summed E-state index contributed by atoms with van der Waals surface area (Å²) in [5.74, 6) is 0.447. The number of thiazole rings is 1. The van der Waals surface area contributed by atoms with Gasteiger partial charge in [-0.2, -0.15) is 0 Å². The molecule has 1 aromatic rings. The van der Waals surface area contributed by atoms with Crippen LogP contribution in [0.4, 0.5) is 5.13 Å². The van der Waals surface area contributed by atoms with Crippen LogP contribution in [-0.4, -0.2) is 18.1 Å². The van der Waals surface area contributed by atoms with Gasteiger partial charge in [0.25, 0.3) is 0 Å². The Labute approximate surface area is 105 Å². The molecule has 0 N–H and O–H groups in total. The average Bonchev–Trinajstić information content (AvgIpc) is 2.59. The van der Waals surface area contributed by atoms with E-state index >= 15 is 0 Å². The number of aromatic nitrogens is 1. The zero-order valence-electron chi connectivity index (χ0n) is 9.09. The highest BCUT2D eigenvalue weighted by molar-refractivity contribution is 7.16. The highest BCUT2D eigenvalue weighted by atomic mass is 35.5. The molecule has 0 aromatic carbocycles. The van der Waals surface area contributed by atoms with E-state index in [0.29, 0.717) is 11.0 Å². The summed E-state index contributed by atoms with van der Waals surface area (Å²) in [4.78, 5) is 7.58. The van der Waals surface area contributed by atoms with Crippen LogP contribution in [0.3, 0.4) is 0 Å². The van der Waals surface area contributed by atoms with Gasteiger partial charge in [0.05, 0.1) is 10.8 Å². The minimum atomic E-state index is 0.447. The molecule has 0 saturated carbocycles. The van der Waals surface area contributed by atoms with E-state index in [9.17, 15) is 0 Å². The lowest BCUT2D eigenvalue weighted by atomic mass is 10.4. The molecule has 0 unspecified atom stereocenters. The molecule has 5 heteroatoms. The average molecular weight is 267 g/mol. The van der Waals surface area contributed by atoms with Crippen LogP contribution in [0.2, 0.25) is 5.15 Å². The van der Waals surface area contributed by atoms with Gasteiger partial charge in [0.15, 0.2) is 5.13 Å². The van der Waals surface area contributed by atoms with Crippen molar-refractivity contribution in [3.63, 3.8) is 0 Å². The summed E-state index contributed by atoms with van der Waals surface area (Å²) in [6.45, 7) is 6.39. The molecule has 0 bridgehead atoms. The summed E-state index contributed by atoms with van der Waals surface area (Å²) in [6, 6.07) is 0. The third kappa shape index (κ3) is 3.51. The number of rotatable bonds is 6. The second-order valence-corrected chi connectivity index (χ2v) is 5.02. The van der Waals surface area contributed by atoms with Crippen LogP contribution in [0.15, 0.2) is 0 Å². The van der Waals surface area contributed by atoms with Gasteiger partial charge in [-0.1, -0.05) is 36.8 Å². The fourth-order valence-electron chi connectivity index (χ4n) is 1.38. The summed E-state index contributed by atoms with van der Waals surface area (Å²) in [5.41, 5.74) is 0. The first-order chi connectivity index (χ1) is 7.22. The fourth-order valence-corrected chi connectivity index (χ4v) is 2.91. The van der Waals surface area contributed by atoms with E-state index in [4.69, 9.17) is 23.2 Å². The van der Waals surface area contributed by atoms with Crippen molar-refractivity contribution < 1.29 is 0 Å². The molecule has 86 valence electrons. The number of nitrogens with zero attached hydrogens (tertiary/aromatic N) is 2. The highest BCUT2D eigenvalue weighted by Crippen LogP contribution is 2.30. The Morgan fingerprint density at radius 2 is 1.87 bits per heavy atom. The molecule has 1 aromatic heterocycles. The molecule has 1 rings (SSSR count). The lowest BCUT2D eigenvalue weighted by Crippen LogP contribution is -2.24. The number of hydrogen-bond acceptors (Lipinski definition) is 3. The molecule has 0 aliphatic heterocycles. The van der Waals surface area contributed by atoms with Crippen LogP contribution in [0.5, 0.6) is 0 Å². The summed E-state index contributed by atoms with van der Waals surface area (Å²) in [5, 5.41) is 1.56. The third-order valence-electron chi connectivity index (χ3n) is 2.02. The van der Waals surface area contributed by atoms with Gasteiger partial charge >= 0.3 is 0 Å². The predicted molar refractivity (Wildman–Crippen MR) is 69.5 cm³/mol. The number of anilines is 1. The second-order valence-electron chi connectivity index (χ2n) is 3.33. The zero-order valence-corrected chi connectivity index (χ0v) is 11.4. The molecule has 0 spiro atoms. The molecular weight excluding hydrogens is 251 g/mol. The summed E-state index contributed by atoms with van der Waals surface area (Å²) < 4.78 is 0. The molecule has 0 fully saturated rings. The Hall–Kier alpha value is 0.01000. The first-order valence-corrected chi connectivity index (χ1v) is 6.91. The normalized spacial score (nSPS) is 10.7. The van der Waals surface area contributed by atoms with Gasteiger partial charge in [-0.25, -0.2) is 4.98 Å². The summed E-state index contributed by atoms with van der Waals surface area (Å²) in [6.07, 6.45) is 2.24. The van der Waals surface area contributed by atoms with Crippen molar-refractivity contribution in [3.05, 3.63) is 10.0 Å². The standard InChI is InChI=1S/C10H16Cl2N2S/c1-3-5-14(6-4-2)10-13-9(12)8(7-11)15-10/h3-7H2,1-2H3. The Bertz CT molecular complexity index is 296. The SMILES string of the molecule is CCCN(CCC)c1nc(Cl)c(CCl)s1. The summed E-state index contributed by atoms with van der Waals surface area (Å²) in [7, 11) is 0. The first kappa shape index (κ1) is 13.1. The summed E-state index contributed by atoms with van der Waals surface area (Å²) >= 11 is 13.3. The maximum atomic E-state index is 5.98. The van der Waals surface area contributed by atoms with Gasteiger partial charge in [0, 0.05) is 13.1 Å². The van der Waals surface area contributed by atoms with Crippen molar-refractivity contribution >= 4 is 39.7 Å². The largest absolute Gasteiger partial charge is 0.348 e. The van der Waals surface area contributed by atoms with Crippen LogP contribution in [0, 0.1) is 0 Å². The van der Waals surface area contributed by atoms with Gasteiger partial charge in [-0.3, -0.25) is 0 Å². The molecule has 15 heavy (non-hydrogen) atoms. The maximum absolute atomic E-state index is 5.98. The van der Waals surface area contributed by atoms with Gasteiger partial charge in [-0.15, -0.1) is 11.6 Å². The van der Waals surface area contributed by atoms with Crippen LogP contribution < -0.4 is 4.90 Å². The molecule has 0 atom stereocenters. The Kier molecular flexibility index (Phi) is 5.72. The lowest BCUT2D eigenvalue weighted by Gasteiger charge is -2.19. The molecule has 1 heterocycles. The number of hydrogen-bond donors (Lipinski definition) is 0. The highest BCUT2D eigenvalue weighted by Gasteiger charge is 2.13. The fraction of sp³-hybridized carbons (Fsp3) is 0.700. The van der Waals surface area contributed by atoms with Crippen molar-refractivity contribution in [3.8, 4) is 0 Å². The Morgan fingerprint density at radius 3 is 2.27 bits per heavy atom.